The lowest BCUT2D eigenvalue weighted by Crippen LogP contribution is -2.43. The second-order valence-corrected chi connectivity index (χ2v) is 6.44. The van der Waals surface area contributed by atoms with E-state index in [-0.39, 0.29) is 16.8 Å². The van der Waals surface area contributed by atoms with Gasteiger partial charge in [-0.05, 0) is 37.0 Å². The van der Waals surface area contributed by atoms with E-state index < -0.39 is 0 Å². The molecule has 2 nitrogen and oxygen atoms in total. The first-order chi connectivity index (χ1) is 8.34. The number of alkyl halides is 1. The first kappa shape index (κ1) is 15.6. The average Bonchev–Trinajstić information content (AvgIpc) is 2.31. The van der Waals surface area contributed by atoms with Gasteiger partial charge in [-0.2, -0.15) is 0 Å². The second kappa shape index (κ2) is 6.10. The fraction of sp³-hybridized carbons (Fsp3) is 0.800. The van der Waals surface area contributed by atoms with Gasteiger partial charge in [-0.25, -0.2) is 4.79 Å². The number of carbonyl (C=O) groups excluding carboxylic acids is 1. The molecule has 1 aliphatic carbocycles. The van der Waals surface area contributed by atoms with E-state index in [2.05, 4.69) is 20.4 Å². The van der Waals surface area contributed by atoms with Gasteiger partial charge in [0.1, 0.15) is 0 Å². The summed E-state index contributed by atoms with van der Waals surface area (Å²) in [7, 11) is 0. The number of hydrogen-bond acceptors (Lipinski definition) is 2. The van der Waals surface area contributed by atoms with Gasteiger partial charge in [0.2, 0.25) is 0 Å². The van der Waals surface area contributed by atoms with Gasteiger partial charge in [0, 0.05) is 11.5 Å². The first-order valence-electron chi connectivity index (χ1n) is 6.73. The van der Waals surface area contributed by atoms with Crippen molar-refractivity contribution in [2.45, 2.75) is 52.9 Å². The van der Waals surface area contributed by atoms with Crippen molar-refractivity contribution in [1.82, 2.24) is 0 Å². The summed E-state index contributed by atoms with van der Waals surface area (Å²) in [6.45, 7) is 10.3. The van der Waals surface area contributed by atoms with Gasteiger partial charge in [-0.3, -0.25) is 0 Å². The molecule has 0 aromatic rings. The molecule has 1 fully saturated rings. The summed E-state index contributed by atoms with van der Waals surface area (Å²) in [5.41, 5.74) is 0.781. The maximum absolute atomic E-state index is 11.4. The smallest absolute Gasteiger partial charge is 0.333 e. The van der Waals surface area contributed by atoms with Crippen molar-refractivity contribution >= 4 is 17.6 Å². The van der Waals surface area contributed by atoms with Crippen LogP contribution in [0.2, 0.25) is 0 Å². The van der Waals surface area contributed by atoms with Crippen molar-refractivity contribution in [3.63, 3.8) is 0 Å². The molecule has 3 heteroatoms. The molecular weight excluding hydrogens is 248 g/mol. The molecule has 1 atom stereocenters. The van der Waals surface area contributed by atoms with E-state index in [1.807, 2.05) is 0 Å². The van der Waals surface area contributed by atoms with Crippen molar-refractivity contribution in [3.8, 4) is 0 Å². The molecular formula is C15H25ClO2. The lowest BCUT2D eigenvalue weighted by Gasteiger charge is -2.49. The summed E-state index contributed by atoms with van der Waals surface area (Å²) in [6.07, 6.45) is 5.69. The van der Waals surface area contributed by atoms with Gasteiger partial charge >= 0.3 is 5.97 Å². The zero-order valence-corrected chi connectivity index (χ0v) is 12.6. The van der Waals surface area contributed by atoms with Crippen molar-refractivity contribution in [1.29, 1.82) is 0 Å². The molecule has 1 rings (SSSR count). The minimum atomic E-state index is -0.298. The van der Waals surface area contributed by atoms with Crippen LogP contribution in [-0.4, -0.2) is 18.5 Å². The number of ether oxygens (including phenoxy) is 1. The van der Waals surface area contributed by atoms with E-state index in [4.69, 9.17) is 16.3 Å². The minimum Gasteiger partial charge on any atom is -0.462 e. The highest BCUT2D eigenvalue weighted by Gasteiger charge is 2.45. The maximum atomic E-state index is 11.4. The Hall–Kier alpha value is -0.500. The largest absolute Gasteiger partial charge is 0.462 e. The van der Waals surface area contributed by atoms with Crippen molar-refractivity contribution in [3.05, 3.63) is 12.2 Å². The topological polar surface area (TPSA) is 26.3 Å². The van der Waals surface area contributed by atoms with Crippen LogP contribution in [0.4, 0.5) is 0 Å². The molecule has 0 heterocycles. The van der Waals surface area contributed by atoms with Crippen LogP contribution in [-0.2, 0) is 9.53 Å². The Morgan fingerprint density at radius 1 is 1.33 bits per heavy atom. The zero-order chi connectivity index (χ0) is 13.8. The predicted molar refractivity (Wildman–Crippen MR) is 75.8 cm³/mol. The fourth-order valence-corrected chi connectivity index (χ4v) is 3.50. The zero-order valence-electron chi connectivity index (χ0n) is 11.9. The quantitative estimate of drug-likeness (QED) is 0.423. The maximum Gasteiger partial charge on any atom is 0.333 e. The van der Waals surface area contributed by atoms with Gasteiger partial charge in [-0.15, -0.1) is 11.6 Å². The monoisotopic (exact) mass is 272 g/mol. The predicted octanol–water partition coefficient (Wildman–Crippen LogP) is 4.32. The average molecular weight is 273 g/mol. The Kier molecular flexibility index (Phi) is 5.27. The van der Waals surface area contributed by atoms with E-state index in [0.717, 1.165) is 12.8 Å². The van der Waals surface area contributed by atoms with E-state index in [9.17, 15) is 4.79 Å². The van der Waals surface area contributed by atoms with Crippen LogP contribution in [0.25, 0.3) is 0 Å². The van der Waals surface area contributed by atoms with Gasteiger partial charge in [-0.1, -0.05) is 33.3 Å². The molecule has 0 amide bonds. The molecule has 1 unspecified atom stereocenters. The summed E-state index contributed by atoms with van der Waals surface area (Å²) in [4.78, 5) is 11.4. The third-order valence-corrected chi connectivity index (χ3v) is 5.07. The van der Waals surface area contributed by atoms with E-state index >= 15 is 0 Å². The normalized spacial score (nSPS) is 26.7. The Bertz CT molecular complexity index is 322. The molecule has 0 aliphatic heterocycles. The van der Waals surface area contributed by atoms with Crippen molar-refractivity contribution in [2.24, 2.45) is 10.8 Å². The number of halogens is 1. The lowest BCUT2D eigenvalue weighted by atomic mass is 9.57. The molecule has 0 saturated heterocycles. The molecule has 0 aromatic heterocycles. The van der Waals surface area contributed by atoms with Crippen LogP contribution in [0.15, 0.2) is 12.2 Å². The van der Waals surface area contributed by atoms with Gasteiger partial charge in [0.15, 0.2) is 0 Å². The molecule has 1 aliphatic rings. The van der Waals surface area contributed by atoms with E-state index in [1.165, 1.54) is 19.3 Å². The van der Waals surface area contributed by atoms with Crippen LogP contribution in [0, 0.1) is 10.8 Å². The Morgan fingerprint density at radius 2 is 1.94 bits per heavy atom. The number of rotatable bonds is 5. The van der Waals surface area contributed by atoms with Crippen LogP contribution in [0.1, 0.15) is 52.9 Å². The van der Waals surface area contributed by atoms with Gasteiger partial charge < -0.3 is 4.74 Å². The Morgan fingerprint density at radius 3 is 2.44 bits per heavy atom. The standard InChI is InChI=1S/C15H25ClO2/c1-12(2)13(17)18-10-9-15(11-16)8-6-5-7-14(15,3)4/h1,5-11H2,2-4H3. The molecule has 0 aromatic carbocycles. The van der Waals surface area contributed by atoms with Crippen LogP contribution < -0.4 is 0 Å². The SMILES string of the molecule is C=C(C)C(=O)OCCC1(CCl)CCCCC1(C)C. The summed E-state index contributed by atoms with van der Waals surface area (Å²) in [6, 6.07) is 0. The van der Waals surface area contributed by atoms with Crippen LogP contribution in [0.3, 0.4) is 0 Å². The molecule has 1 saturated carbocycles. The van der Waals surface area contributed by atoms with Gasteiger partial charge in [0.05, 0.1) is 6.61 Å². The first-order valence-corrected chi connectivity index (χ1v) is 7.27. The third kappa shape index (κ3) is 3.28. The van der Waals surface area contributed by atoms with Crippen molar-refractivity contribution in [2.75, 3.05) is 12.5 Å². The summed E-state index contributed by atoms with van der Waals surface area (Å²) < 4.78 is 5.23. The highest BCUT2D eigenvalue weighted by molar-refractivity contribution is 6.18. The Labute approximate surface area is 116 Å². The molecule has 0 bridgehead atoms. The van der Waals surface area contributed by atoms with E-state index in [0.29, 0.717) is 18.1 Å². The minimum absolute atomic E-state index is 0.0994. The molecule has 0 radical (unpaired) electrons. The highest BCUT2D eigenvalue weighted by atomic mass is 35.5. The summed E-state index contributed by atoms with van der Waals surface area (Å²) >= 11 is 6.24. The van der Waals surface area contributed by atoms with Crippen molar-refractivity contribution < 1.29 is 9.53 Å². The Balaban J connectivity index is 2.60. The van der Waals surface area contributed by atoms with Gasteiger partial charge in [0.25, 0.3) is 0 Å². The van der Waals surface area contributed by atoms with E-state index in [1.54, 1.807) is 6.92 Å². The van der Waals surface area contributed by atoms with Crippen LogP contribution >= 0.6 is 11.6 Å². The highest BCUT2D eigenvalue weighted by Crippen LogP contribution is 2.53. The molecule has 0 N–H and O–H groups in total. The molecule has 18 heavy (non-hydrogen) atoms. The summed E-state index contributed by atoms with van der Waals surface area (Å²) in [5, 5.41) is 0. The summed E-state index contributed by atoms with van der Waals surface area (Å²) in [5.74, 6) is 0.346. The third-order valence-electron chi connectivity index (χ3n) is 4.56. The fourth-order valence-electron chi connectivity index (χ4n) is 2.87. The number of hydrogen-bond donors (Lipinski definition) is 0. The molecule has 0 spiro atoms. The number of carbonyl (C=O) groups is 1. The second-order valence-electron chi connectivity index (χ2n) is 6.17. The number of esters is 1. The molecule has 104 valence electrons. The lowest BCUT2D eigenvalue weighted by molar-refractivity contribution is -0.140. The van der Waals surface area contributed by atoms with Crippen LogP contribution in [0.5, 0.6) is 0 Å².